The number of ether oxygens (including phenoxy) is 1. The number of nitrogens with zero attached hydrogens (tertiary/aromatic N) is 1. The molecule has 0 fully saturated rings. The number of hydrazone groups is 1. The summed E-state index contributed by atoms with van der Waals surface area (Å²) >= 11 is 6.01. The van der Waals surface area contributed by atoms with Gasteiger partial charge in [-0.25, -0.2) is 5.43 Å². The van der Waals surface area contributed by atoms with Crippen LogP contribution in [-0.4, -0.2) is 12.1 Å². The van der Waals surface area contributed by atoms with E-state index in [2.05, 4.69) is 34.8 Å². The molecule has 4 aromatic rings. The van der Waals surface area contributed by atoms with Crippen LogP contribution in [-0.2, 0) is 6.61 Å². The molecule has 148 valence electrons. The molecule has 1 amide bonds. The summed E-state index contributed by atoms with van der Waals surface area (Å²) in [5.41, 5.74) is 4.84. The fourth-order valence-corrected chi connectivity index (χ4v) is 3.32. The quantitative estimate of drug-likeness (QED) is 0.318. The van der Waals surface area contributed by atoms with Crippen molar-refractivity contribution in [2.45, 2.75) is 6.61 Å². The van der Waals surface area contributed by atoms with Crippen LogP contribution in [0.2, 0.25) is 5.02 Å². The van der Waals surface area contributed by atoms with Crippen LogP contribution in [0, 0.1) is 0 Å². The molecule has 0 aliphatic heterocycles. The molecule has 4 nitrogen and oxygen atoms in total. The number of hydrogen-bond acceptors (Lipinski definition) is 3. The molecule has 0 aliphatic carbocycles. The number of carbonyl (C=O) groups excluding carboxylic acids is 1. The van der Waals surface area contributed by atoms with Crippen molar-refractivity contribution in [1.29, 1.82) is 0 Å². The molecule has 0 bridgehead atoms. The number of fused-ring (bicyclic) bond motifs is 1. The Kier molecular flexibility index (Phi) is 6.06. The Bertz CT molecular complexity index is 1200. The highest BCUT2D eigenvalue weighted by atomic mass is 35.5. The minimum Gasteiger partial charge on any atom is -0.489 e. The molecule has 0 unspecified atom stereocenters. The molecule has 1 N–H and O–H groups in total. The van der Waals surface area contributed by atoms with E-state index in [0.717, 1.165) is 16.9 Å². The van der Waals surface area contributed by atoms with Crippen molar-refractivity contribution >= 4 is 34.5 Å². The highest BCUT2D eigenvalue weighted by molar-refractivity contribution is 6.33. The molecule has 0 aliphatic rings. The molecular formula is C25H19ClN2O2. The summed E-state index contributed by atoms with van der Waals surface area (Å²) in [6.07, 6.45) is 1.57. The molecule has 0 heterocycles. The molecular weight excluding hydrogens is 396 g/mol. The van der Waals surface area contributed by atoms with Gasteiger partial charge in [-0.1, -0.05) is 66.2 Å². The Hall–Kier alpha value is -3.63. The zero-order valence-corrected chi connectivity index (χ0v) is 16.8. The van der Waals surface area contributed by atoms with Gasteiger partial charge in [0, 0.05) is 0 Å². The van der Waals surface area contributed by atoms with E-state index in [0.29, 0.717) is 17.2 Å². The van der Waals surface area contributed by atoms with Crippen molar-refractivity contribution in [2.24, 2.45) is 5.10 Å². The van der Waals surface area contributed by atoms with E-state index in [4.69, 9.17) is 16.3 Å². The van der Waals surface area contributed by atoms with Crippen LogP contribution in [0.15, 0.2) is 96.1 Å². The topological polar surface area (TPSA) is 50.7 Å². The summed E-state index contributed by atoms with van der Waals surface area (Å²) in [5, 5.41) is 6.77. The lowest BCUT2D eigenvalue weighted by Crippen LogP contribution is -2.17. The highest BCUT2D eigenvalue weighted by Gasteiger charge is 2.07. The standard InChI is InChI=1S/C25H19ClN2O2/c26-24-11-4-3-10-23(24)25(29)28-27-16-18-12-14-21(15-13-18)30-17-20-8-5-7-19-6-1-2-9-22(19)20/h1-16H,17H2,(H,28,29). The summed E-state index contributed by atoms with van der Waals surface area (Å²) in [5.74, 6) is 0.409. The largest absolute Gasteiger partial charge is 0.489 e. The van der Waals surface area contributed by atoms with Gasteiger partial charge < -0.3 is 4.74 Å². The number of carbonyl (C=O) groups is 1. The van der Waals surface area contributed by atoms with Crippen LogP contribution in [0.4, 0.5) is 0 Å². The van der Waals surface area contributed by atoms with Crippen molar-refractivity contribution in [1.82, 2.24) is 5.43 Å². The van der Waals surface area contributed by atoms with Gasteiger partial charge in [-0.3, -0.25) is 4.79 Å². The number of benzene rings is 4. The first-order chi connectivity index (χ1) is 14.7. The zero-order valence-electron chi connectivity index (χ0n) is 16.1. The number of nitrogens with one attached hydrogen (secondary N) is 1. The molecule has 0 spiro atoms. The van der Waals surface area contributed by atoms with E-state index >= 15 is 0 Å². The summed E-state index contributed by atoms with van der Waals surface area (Å²) in [4.78, 5) is 12.1. The first kappa shape index (κ1) is 19.7. The normalized spacial score (nSPS) is 11.0. The smallest absolute Gasteiger partial charge is 0.272 e. The first-order valence-corrected chi connectivity index (χ1v) is 9.86. The zero-order chi connectivity index (χ0) is 20.8. The molecule has 30 heavy (non-hydrogen) atoms. The van der Waals surface area contributed by atoms with Gasteiger partial charge in [-0.15, -0.1) is 0 Å². The lowest BCUT2D eigenvalue weighted by Gasteiger charge is -2.09. The minimum atomic E-state index is -0.355. The van der Waals surface area contributed by atoms with Crippen molar-refractivity contribution in [3.05, 3.63) is 113 Å². The molecule has 4 aromatic carbocycles. The average molecular weight is 415 g/mol. The van der Waals surface area contributed by atoms with Gasteiger partial charge in [0.15, 0.2) is 0 Å². The monoisotopic (exact) mass is 414 g/mol. The van der Waals surface area contributed by atoms with E-state index in [1.807, 2.05) is 42.5 Å². The van der Waals surface area contributed by atoms with E-state index in [-0.39, 0.29) is 5.91 Å². The SMILES string of the molecule is O=C(NN=Cc1ccc(OCc2cccc3ccccc23)cc1)c1ccccc1Cl. The Morgan fingerprint density at radius 3 is 2.47 bits per heavy atom. The van der Waals surface area contributed by atoms with Crippen LogP contribution < -0.4 is 10.2 Å². The highest BCUT2D eigenvalue weighted by Crippen LogP contribution is 2.21. The second-order valence-corrected chi connectivity index (χ2v) is 7.08. The fraction of sp³-hybridized carbons (Fsp3) is 0.0400. The van der Waals surface area contributed by atoms with Gasteiger partial charge >= 0.3 is 0 Å². The van der Waals surface area contributed by atoms with Crippen LogP contribution in [0.25, 0.3) is 10.8 Å². The molecule has 4 rings (SSSR count). The Morgan fingerprint density at radius 1 is 0.900 bits per heavy atom. The Labute approximate surface area is 179 Å². The number of rotatable bonds is 6. The van der Waals surface area contributed by atoms with Crippen molar-refractivity contribution < 1.29 is 9.53 Å². The third-order valence-electron chi connectivity index (χ3n) is 4.65. The third-order valence-corrected chi connectivity index (χ3v) is 4.98. The summed E-state index contributed by atoms with van der Waals surface area (Å²) in [6, 6.07) is 28.8. The lowest BCUT2D eigenvalue weighted by atomic mass is 10.1. The first-order valence-electron chi connectivity index (χ1n) is 9.48. The summed E-state index contributed by atoms with van der Waals surface area (Å²) in [6.45, 7) is 0.489. The molecule has 0 aromatic heterocycles. The number of hydrogen-bond donors (Lipinski definition) is 1. The van der Waals surface area contributed by atoms with Gasteiger partial charge in [0.2, 0.25) is 0 Å². The maximum atomic E-state index is 12.1. The van der Waals surface area contributed by atoms with Crippen LogP contribution >= 0.6 is 11.6 Å². The van der Waals surface area contributed by atoms with Crippen LogP contribution in [0.3, 0.4) is 0 Å². The lowest BCUT2D eigenvalue weighted by molar-refractivity contribution is 0.0955. The van der Waals surface area contributed by atoms with E-state index < -0.39 is 0 Å². The van der Waals surface area contributed by atoms with Crippen molar-refractivity contribution in [3.63, 3.8) is 0 Å². The van der Waals surface area contributed by atoms with Crippen molar-refractivity contribution in [2.75, 3.05) is 0 Å². The predicted octanol–water partition coefficient (Wildman–Crippen LogP) is 5.84. The van der Waals surface area contributed by atoms with Gasteiger partial charge in [-0.05, 0) is 58.3 Å². The maximum Gasteiger partial charge on any atom is 0.272 e. The predicted molar refractivity (Wildman–Crippen MR) is 121 cm³/mol. The summed E-state index contributed by atoms with van der Waals surface area (Å²) in [7, 11) is 0. The Balaban J connectivity index is 1.35. The summed E-state index contributed by atoms with van der Waals surface area (Å²) < 4.78 is 5.94. The second-order valence-electron chi connectivity index (χ2n) is 6.67. The van der Waals surface area contributed by atoms with Gasteiger partial charge in [0.25, 0.3) is 5.91 Å². The maximum absolute atomic E-state index is 12.1. The Morgan fingerprint density at radius 2 is 1.63 bits per heavy atom. The molecule has 0 saturated carbocycles. The second kappa shape index (κ2) is 9.25. The van der Waals surface area contributed by atoms with E-state index in [1.165, 1.54) is 10.8 Å². The van der Waals surface area contributed by atoms with E-state index in [1.54, 1.807) is 30.5 Å². The molecule has 0 saturated heterocycles. The third kappa shape index (κ3) is 4.67. The van der Waals surface area contributed by atoms with Gasteiger partial charge in [0.1, 0.15) is 12.4 Å². The van der Waals surface area contributed by atoms with Crippen LogP contribution in [0.5, 0.6) is 5.75 Å². The molecule has 0 radical (unpaired) electrons. The van der Waals surface area contributed by atoms with E-state index in [9.17, 15) is 4.79 Å². The number of amides is 1. The average Bonchev–Trinajstić information content (AvgIpc) is 2.79. The molecule has 0 atom stereocenters. The fourth-order valence-electron chi connectivity index (χ4n) is 3.10. The number of halogens is 1. The van der Waals surface area contributed by atoms with Crippen LogP contribution in [0.1, 0.15) is 21.5 Å². The van der Waals surface area contributed by atoms with Gasteiger partial charge in [0.05, 0.1) is 16.8 Å². The van der Waals surface area contributed by atoms with Crippen molar-refractivity contribution in [3.8, 4) is 5.75 Å². The van der Waals surface area contributed by atoms with Gasteiger partial charge in [-0.2, -0.15) is 5.10 Å². The minimum absolute atomic E-state index is 0.355. The molecule has 5 heteroatoms.